The third kappa shape index (κ3) is 8.17. The standard InChI is InChI=1S/C31H38ClN3O6S/c1-21(2)18-33-31(37)23(4)34(19-24-9-11-25(32)12-10-24)30(36)20-35(26-13-16-28(40-5)29(17-26)41-6)42(38,39)27-14-7-22(3)8-15-27/h7-17,21,23H,18-20H2,1-6H3,(H,33,37). The van der Waals surface area contributed by atoms with Crippen LogP contribution in [0.25, 0.3) is 0 Å². The van der Waals surface area contributed by atoms with E-state index in [0.29, 0.717) is 23.1 Å². The molecule has 0 fully saturated rings. The number of carbonyl (C=O) groups is 2. The highest BCUT2D eigenvalue weighted by Gasteiger charge is 2.33. The Morgan fingerprint density at radius 1 is 0.905 bits per heavy atom. The van der Waals surface area contributed by atoms with Gasteiger partial charge in [-0.2, -0.15) is 0 Å². The Labute approximate surface area is 253 Å². The van der Waals surface area contributed by atoms with Gasteiger partial charge in [-0.1, -0.05) is 55.3 Å². The average Bonchev–Trinajstić information content (AvgIpc) is 2.97. The first kappa shape index (κ1) is 32.8. The molecule has 0 aliphatic heterocycles. The van der Waals surface area contributed by atoms with E-state index in [-0.39, 0.29) is 29.0 Å². The minimum Gasteiger partial charge on any atom is -0.493 e. The molecule has 11 heteroatoms. The van der Waals surface area contributed by atoms with Crippen molar-refractivity contribution in [1.29, 1.82) is 0 Å². The van der Waals surface area contributed by atoms with E-state index < -0.39 is 28.5 Å². The number of hydrogen-bond donors (Lipinski definition) is 1. The fourth-order valence-corrected chi connectivity index (χ4v) is 5.70. The molecular weight excluding hydrogens is 578 g/mol. The molecule has 42 heavy (non-hydrogen) atoms. The van der Waals surface area contributed by atoms with Crippen LogP contribution in [0.2, 0.25) is 5.02 Å². The zero-order valence-electron chi connectivity index (χ0n) is 24.8. The van der Waals surface area contributed by atoms with Gasteiger partial charge in [0.25, 0.3) is 10.0 Å². The van der Waals surface area contributed by atoms with Crippen molar-refractivity contribution in [3.8, 4) is 11.5 Å². The number of sulfonamides is 1. The molecule has 0 aliphatic carbocycles. The summed E-state index contributed by atoms with van der Waals surface area (Å²) in [6.45, 7) is 7.35. The lowest BCUT2D eigenvalue weighted by atomic mass is 10.1. The van der Waals surface area contributed by atoms with Crippen molar-refractivity contribution in [2.24, 2.45) is 5.92 Å². The predicted molar refractivity (Wildman–Crippen MR) is 165 cm³/mol. The summed E-state index contributed by atoms with van der Waals surface area (Å²) in [6.07, 6.45) is 0. The highest BCUT2D eigenvalue weighted by atomic mass is 35.5. The molecule has 0 aliphatic rings. The molecule has 0 saturated heterocycles. The van der Waals surface area contributed by atoms with Crippen molar-refractivity contribution in [2.45, 2.75) is 45.2 Å². The molecule has 9 nitrogen and oxygen atoms in total. The van der Waals surface area contributed by atoms with Crippen LogP contribution in [0.3, 0.4) is 0 Å². The fourth-order valence-electron chi connectivity index (χ4n) is 4.17. The number of hydrogen-bond acceptors (Lipinski definition) is 6. The van der Waals surface area contributed by atoms with Crippen molar-refractivity contribution >= 4 is 39.1 Å². The summed E-state index contributed by atoms with van der Waals surface area (Å²) in [5, 5.41) is 3.40. The number of benzene rings is 3. The van der Waals surface area contributed by atoms with Crippen molar-refractivity contribution in [2.75, 3.05) is 31.6 Å². The van der Waals surface area contributed by atoms with Crippen LogP contribution in [0.1, 0.15) is 31.9 Å². The maximum Gasteiger partial charge on any atom is 0.264 e. The lowest BCUT2D eigenvalue weighted by Crippen LogP contribution is -2.51. The molecule has 1 atom stereocenters. The average molecular weight is 616 g/mol. The van der Waals surface area contributed by atoms with E-state index in [1.165, 1.54) is 37.3 Å². The van der Waals surface area contributed by atoms with Gasteiger partial charge in [-0.25, -0.2) is 8.42 Å². The predicted octanol–water partition coefficient (Wildman–Crippen LogP) is 5.05. The lowest BCUT2D eigenvalue weighted by molar-refractivity contribution is -0.139. The van der Waals surface area contributed by atoms with Gasteiger partial charge in [-0.3, -0.25) is 13.9 Å². The number of carbonyl (C=O) groups excluding carboxylic acids is 2. The van der Waals surface area contributed by atoms with E-state index in [1.807, 2.05) is 20.8 Å². The van der Waals surface area contributed by atoms with Gasteiger partial charge < -0.3 is 19.7 Å². The SMILES string of the molecule is COc1ccc(N(CC(=O)N(Cc2ccc(Cl)cc2)C(C)C(=O)NCC(C)C)S(=O)(=O)c2ccc(C)cc2)cc1OC. The summed E-state index contributed by atoms with van der Waals surface area (Å²) in [6, 6.07) is 17.0. The fraction of sp³-hybridized carbons (Fsp3) is 0.355. The maximum atomic E-state index is 14.0. The Balaban J connectivity index is 2.07. The molecule has 1 N–H and O–H groups in total. The Morgan fingerprint density at radius 3 is 2.10 bits per heavy atom. The number of amides is 2. The molecule has 226 valence electrons. The molecule has 0 spiro atoms. The van der Waals surface area contributed by atoms with Gasteiger partial charge in [0.2, 0.25) is 11.8 Å². The lowest BCUT2D eigenvalue weighted by Gasteiger charge is -2.32. The molecule has 3 aromatic carbocycles. The van der Waals surface area contributed by atoms with Gasteiger partial charge in [0.15, 0.2) is 11.5 Å². The zero-order chi connectivity index (χ0) is 31.0. The molecule has 0 bridgehead atoms. The highest BCUT2D eigenvalue weighted by Crippen LogP contribution is 2.34. The molecule has 1 unspecified atom stereocenters. The van der Waals surface area contributed by atoms with Crippen molar-refractivity contribution in [3.05, 3.63) is 82.9 Å². The van der Waals surface area contributed by atoms with Gasteiger partial charge in [-0.05, 0) is 61.7 Å². The molecule has 0 heterocycles. The van der Waals surface area contributed by atoms with Crippen LogP contribution in [-0.4, -0.2) is 58.5 Å². The second kappa shape index (κ2) is 14.4. The maximum absolute atomic E-state index is 14.0. The first-order valence-corrected chi connectivity index (χ1v) is 15.3. The normalized spacial score (nSPS) is 12.0. The summed E-state index contributed by atoms with van der Waals surface area (Å²) in [4.78, 5) is 28.5. The number of methoxy groups -OCH3 is 2. The quantitative estimate of drug-likeness (QED) is 0.289. The topological polar surface area (TPSA) is 105 Å². The monoisotopic (exact) mass is 615 g/mol. The highest BCUT2D eigenvalue weighted by molar-refractivity contribution is 7.92. The van der Waals surface area contributed by atoms with Crippen molar-refractivity contribution < 1.29 is 27.5 Å². The van der Waals surface area contributed by atoms with Crippen LogP contribution in [0.15, 0.2) is 71.6 Å². The molecule has 0 radical (unpaired) electrons. The number of halogens is 1. The van der Waals surface area contributed by atoms with Crippen molar-refractivity contribution in [1.82, 2.24) is 10.2 Å². The zero-order valence-corrected chi connectivity index (χ0v) is 26.3. The minimum atomic E-state index is -4.22. The summed E-state index contributed by atoms with van der Waals surface area (Å²) in [7, 11) is -1.30. The Morgan fingerprint density at radius 2 is 1.52 bits per heavy atom. The number of rotatable bonds is 13. The number of aryl methyl sites for hydroxylation is 1. The Hall–Kier alpha value is -3.76. The third-order valence-electron chi connectivity index (χ3n) is 6.66. The largest absolute Gasteiger partial charge is 0.493 e. The summed E-state index contributed by atoms with van der Waals surface area (Å²) in [5.41, 5.74) is 1.82. The van der Waals surface area contributed by atoms with Crippen LogP contribution in [0, 0.1) is 12.8 Å². The van der Waals surface area contributed by atoms with Crippen LogP contribution in [0.5, 0.6) is 11.5 Å². The van der Waals surface area contributed by atoms with Gasteiger partial charge in [0.1, 0.15) is 12.6 Å². The smallest absolute Gasteiger partial charge is 0.264 e. The van der Waals surface area contributed by atoms with Crippen LogP contribution >= 0.6 is 11.6 Å². The van der Waals surface area contributed by atoms with Gasteiger partial charge >= 0.3 is 0 Å². The van der Waals surface area contributed by atoms with E-state index in [9.17, 15) is 18.0 Å². The van der Waals surface area contributed by atoms with Gasteiger partial charge in [0, 0.05) is 24.2 Å². The van der Waals surface area contributed by atoms with Gasteiger partial charge in [0.05, 0.1) is 24.8 Å². The van der Waals surface area contributed by atoms with E-state index in [0.717, 1.165) is 15.4 Å². The molecule has 2 amide bonds. The van der Waals surface area contributed by atoms with Crippen molar-refractivity contribution in [3.63, 3.8) is 0 Å². The number of nitrogens with one attached hydrogen (secondary N) is 1. The first-order valence-electron chi connectivity index (χ1n) is 13.5. The molecule has 3 rings (SSSR count). The number of nitrogens with zero attached hydrogens (tertiary/aromatic N) is 2. The molecule has 0 saturated carbocycles. The molecule has 3 aromatic rings. The van der Waals surface area contributed by atoms with E-state index >= 15 is 0 Å². The van der Waals surface area contributed by atoms with Gasteiger partial charge in [-0.15, -0.1) is 0 Å². The second-order valence-corrected chi connectivity index (χ2v) is 12.6. The summed E-state index contributed by atoms with van der Waals surface area (Å²) < 4.78 is 39.8. The first-order chi connectivity index (χ1) is 19.9. The van der Waals surface area contributed by atoms with E-state index in [1.54, 1.807) is 55.5 Å². The molecular formula is C31H38ClN3O6S. The second-order valence-electron chi connectivity index (χ2n) is 10.3. The summed E-state index contributed by atoms with van der Waals surface area (Å²) in [5.74, 6) is 0.000492. The van der Waals surface area contributed by atoms with E-state index in [4.69, 9.17) is 21.1 Å². The van der Waals surface area contributed by atoms with Crippen LogP contribution < -0.4 is 19.1 Å². The Kier molecular flexibility index (Phi) is 11.2. The minimum absolute atomic E-state index is 0.0164. The van der Waals surface area contributed by atoms with Crippen LogP contribution in [0.4, 0.5) is 5.69 Å². The number of anilines is 1. The summed E-state index contributed by atoms with van der Waals surface area (Å²) >= 11 is 6.06. The molecule has 0 aromatic heterocycles. The van der Waals surface area contributed by atoms with Crippen LogP contribution in [-0.2, 0) is 26.2 Å². The third-order valence-corrected chi connectivity index (χ3v) is 8.70. The van der Waals surface area contributed by atoms with E-state index in [2.05, 4.69) is 5.32 Å². The number of ether oxygens (including phenoxy) is 2. The Bertz CT molecular complexity index is 1480.